The van der Waals surface area contributed by atoms with E-state index in [4.69, 9.17) is 0 Å². The smallest absolute Gasteiger partial charge is 0.264 e. The second-order valence-corrected chi connectivity index (χ2v) is 7.39. The van der Waals surface area contributed by atoms with Crippen molar-refractivity contribution in [2.24, 2.45) is 0 Å². The van der Waals surface area contributed by atoms with Crippen molar-refractivity contribution < 1.29 is 8.42 Å². The number of hydrogen-bond acceptors (Lipinski definition) is 3. The van der Waals surface area contributed by atoms with Crippen LogP contribution in [0.4, 0.5) is 5.69 Å². The predicted octanol–water partition coefficient (Wildman–Crippen LogP) is 3.79. The first-order valence-corrected chi connectivity index (χ1v) is 9.05. The molecule has 1 heterocycles. The fourth-order valence-corrected chi connectivity index (χ4v) is 4.03. The number of para-hydroxylation sites is 1. The Kier molecular flexibility index (Phi) is 4.62. The topological polar surface area (TPSA) is 50.3 Å². The Morgan fingerprint density at radius 1 is 0.958 bits per heavy atom. The van der Waals surface area contributed by atoms with Gasteiger partial charge in [0.25, 0.3) is 10.0 Å². The molecule has 0 aliphatic carbocycles. The molecule has 0 amide bonds. The molecule has 0 unspecified atom stereocenters. The minimum absolute atomic E-state index is 0.230. The van der Waals surface area contributed by atoms with Crippen LogP contribution in [0.5, 0.6) is 0 Å². The van der Waals surface area contributed by atoms with Crippen molar-refractivity contribution in [3.05, 3.63) is 90.3 Å². The third kappa shape index (κ3) is 3.46. The summed E-state index contributed by atoms with van der Waals surface area (Å²) in [4.78, 5) is 4.37. The van der Waals surface area contributed by atoms with E-state index in [1.807, 2.05) is 37.3 Å². The van der Waals surface area contributed by atoms with Crippen LogP contribution in [-0.4, -0.2) is 13.4 Å². The van der Waals surface area contributed by atoms with E-state index < -0.39 is 10.0 Å². The highest BCUT2D eigenvalue weighted by atomic mass is 32.2. The van der Waals surface area contributed by atoms with Gasteiger partial charge in [-0.15, -0.1) is 0 Å². The largest absolute Gasteiger partial charge is 0.264 e. The van der Waals surface area contributed by atoms with Gasteiger partial charge in [0.1, 0.15) is 0 Å². The molecule has 0 atom stereocenters. The Bertz CT molecular complexity index is 910. The molecule has 24 heavy (non-hydrogen) atoms. The van der Waals surface area contributed by atoms with E-state index in [-0.39, 0.29) is 11.4 Å². The first kappa shape index (κ1) is 16.2. The molecule has 3 rings (SSSR count). The van der Waals surface area contributed by atoms with Crippen molar-refractivity contribution in [3.8, 4) is 0 Å². The molecule has 1 aromatic heterocycles. The number of nitrogens with zero attached hydrogens (tertiary/aromatic N) is 2. The maximum absolute atomic E-state index is 13.2. The average Bonchev–Trinajstić information content (AvgIpc) is 2.61. The van der Waals surface area contributed by atoms with Crippen molar-refractivity contribution >= 4 is 15.7 Å². The minimum atomic E-state index is -3.67. The van der Waals surface area contributed by atoms with Gasteiger partial charge in [-0.3, -0.25) is 9.29 Å². The highest BCUT2D eigenvalue weighted by Gasteiger charge is 2.25. The molecule has 0 fully saturated rings. The lowest BCUT2D eigenvalue weighted by atomic mass is 10.2. The Morgan fingerprint density at radius 3 is 2.42 bits per heavy atom. The summed E-state index contributed by atoms with van der Waals surface area (Å²) in [7, 11) is -3.67. The van der Waals surface area contributed by atoms with Crippen LogP contribution in [0.2, 0.25) is 0 Å². The zero-order chi connectivity index (χ0) is 17.0. The summed E-state index contributed by atoms with van der Waals surface area (Å²) < 4.78 is 27.8. The van der Waals surface area contributed by atoms with Gasteiger partial charge in [-0.05, 0) is 48.4 Å². The third-order valence-electron chi connectivity index (χ3n) is 3.67. The van der Waals surface area contributed by atoms with Crippen molar-refractivity contribution in [1.29, 1.82) is 0 Å². The second-order valence-electron chi connectivity index (χ2n) is 5.53. The predicted molar refractivity (Wildman–Crippen MR) is 95.2 cm³/mol. The van der Waals surface area contributed by atoms with Crippen LogP contribution < -0.4 is 4.31 Å². The summed E-state index contributed by atoms with van der Waals surface area (Å²) in [6.45, 7) is 2.11. The first-order valence-electron chi connectivity index (χ1n) is 7.61. The molecular formula is C19H18N2O2S. The SMILES string of the molecule is Cc1cccc(S(=O)(=O)N(Cc2cccnc2)c2ccccc2)c1. The van der Waals surface area contributed by atoms with Gasteiger partial charge in [-0.1, -0.05) is 36.4 Å². The molecule has 0 spiro atoms. The van der Waals surface area contributed by atoms with Gasteiger partial charge in [0.05, 0.1) is 17.1 Å². The Hall–Kier alpha value is -2.66. The van der Waals surface area contributed by atoms with E-state index in [1.165, 1.54) is 4.31 Å². The molecule has 0 aliphatic rings. The number of pyridine rings is 1. The minimum Gasteiger partial charge on any atom is -0.264 e. The van der Waals surface area contributed by atoms with Gasteiger partial charge >= 0.3 is 0 Å². The van der Waals surface area contributed by atoms with Crippen LogP contribution in [0.15, 0.2) is 84.0 Å². The van der Waals surface area contributed by atoms with E-state index in [0.717, 1.165) is 11.1 Å². The third-order valence-corrected chi connectivity index (χ3v) is 5.44. The normalized spacial score (nSPS) is 11.2. The summed E-state index contributed by atoms with van der Waals surface area (Å²) >= 11 is 0. The van der Waals surface area contributed by atoms with E-state index in [2.05, 4.69) is 4.98 Å². The zero-order valence-electron chi connectivity index (χ0n) is 13.3. The summed E-state index contributed by atoms with van der Waals surface area (Å²) in [5.41, 5.74) is 2.37. The van der Waals surface area contributed by atoms with E-state index in [1.54, 1.807) is 48.8 Å². The van der Waals surface area contributed by atoms with Crippen LogP contribution >= 0.6 is 0 Å². The Morgan fingerprint density at radius 2 is 1.75 bits per heavy atom. The van der Waals surface area contributed by atoms with Crippen molar-refractivity contribution in [2.45, 2.75) is 18.4 Å². The fraction of sp³-hybridized carbons (Fsp3) is 0.105. The molecule has 3 aromatic rings. The summed E-state index contributed by atoms with van der Waals surface area (Å²) in [5.74, 6) is 0. The van der Waals surface area contributed by atoms with E-state index in [9.17, 15) is 8.42 Å². The quantitative estimate of drug-likeness (QED) is 0.711. The molecule has 0 saturated heterocycles. The van der Waals surface area contributed by atoms with Gasteiger partial charge in [0.15, 0.2) is 0 Å². The number of anilines is 1. The standard InChI is InChI=1S/C19H18N2O2S/c1-16-7-5-11-19(13-16)24(22,23)21(18-9-3-2-4-10-18)15-17-8-6-12-20-14-17/h2-14H,15H2,1H3. The number of aryl methyl sites for hydroxylation is 1. The number of hydrogen-bond donors (Lipinski definition) is 0. The lowest BCUT2D eigenvalue weighted by Gasteiger charge is -2.24. The molecule has 2 aromatic carbocycles. The second kappa shape index (κ2) is 6.84. The number of aromatic nitrogens is 1. The molecule has 0 bridgehead atoms. The number of sulfonamides is 1. The summed E-state index contributed by atoms with van der Waals surface area (Å²) in [6, 6.07) is 19.7. The molecule has 0 radical (unpaired) electrons. The van der Waals surface area contributed by atoms with Crippen molar-refractivity contribution in [2.75, 3.05) is 4.31 Å². The van der Waals surface area contributed by atoms with Gasteiger partial charge in [-0.2, -0.15) is 0 Å². The van der Waals surface area contributed by atoms with Gasteiger partial charge < -0.3 is 0 Å². The number of benzene rings is 2. The van der Waals surface area contributed by atoms with Crippen molar-refractivity contribution in [3.63, 3.8) is 0 Å². The molecule has 5 heteroatoms. The van der Waals surface area contributed by atoms with Crippen LogP contribution in [0.25, 0.3) is 0 Å². The first-order chi connectivity index (χ1) is 11.6. The number of rotatable bonds is 5. The van der Waals surface area contributed by atoms with Crippen LogP contribution in [0.1, 0.15) is 11.1 Å². The summed E-state index contributed by atoms with van der Waals surface area (Å²) in [5, 5.41) is 0. The highest BCUT2D eigenvalue weighted by molar-refractivity contribution is 7.92. The Balaban J connectivity index is 2.07. The molecule has 0 saturated carbocycles. The van der Waals surface area contributed by atoms with Crippen molar-refractivity contribution in [1.82, 2.24) is 4.98 Å². The van der Waals surface area contributed by atoms with Crippen LogP contribution in [0, 0.1) is 6.92 Å². The fourth-order valence-electron chi connectivity index (χ4n) is 2.47. The lowest BCUT2D eigenvalue weighted by molar-refractivity contribution is 0.590. The maximum Gasteiger partial charge on any atom is 0.264 e. The van der Waals surface area contributed by atoms with Gasteiger partial charge in [-0.25, -0.2) is 8.42 Å². The van der Waals surface area contributed by atoms with Gasteiger partial charge in [0.2, 0.25) is 0 Å². The molecule has 4 nitrogen and oxygen atoms in total. The molecular weight excluding hydrogens is 320 g/mol. The van der Waals surface area contributed by atoms with Crippen LogP contribution in [0.3, 0.4) is 0 Å². The molecule has 0 aliphatic heterocycles. The molecule has 122 valence electrons. The van der Waals surface area contributed by atoms with E-state index in [0.29, 0.717) is 5.69 Å². The highest BCUT2D eigenvalue weighted by Crippen LogP contribution is 2.26. The van der Waals surface area contributed by atoms with Gasteiger partial charge in [0, 0.05) is 12.4 Å². The summed E-state index contributed by atoms with van der Waals surface area (Å²) in [6.07, 6.45) is 3.35. The van der Waals surface area contributed by atoms with E-state index >= 15 is 0 Å². The zero-order valence-corrected chi connectivity index (χ0v) is 14.1. The Labute approximate surface area is 142 Å². The van der Waals surface area contributed by atoms with Crippen LogP contribution in [-0.2, 0) is 16.6 Å². The molecule has 0 N–H and O–H groups in total. The lowest BCUT2D eigenvalue weighted by Crippen LogP contribution is -2.30. The monoisotopic (exact) mass is 338 g/mol. The average molecular weight is 338 g/mol. The maximum atomic E-state index is 13.2.